The number of piperidine rings is 1. The highest BCUT2D eigenvalue weighted by atomic mass is 19.0. The van der Waals surface area contributed by atoms with Crippen LogP contribution in [0.4, 0.5) is 0 Å². The summed E-state index contributed by atoms with van der Waals surface area (Å²) in [5.74, 6) is 0. The second kappa shape index (κ2) is 11.7. The van der Waals surface area contributed by atoms with Gasteiger partial charge >= 0.3 is 0 Å². The minimum atomic E-state index is 0. The van der Waals surface area contributed by atoms with Crippen LogP contribution in [0.15, 0.2) is 0 Å². The van der Waals surface area contributed by atoms with Crippen molar-refractivity contribution >= 4 is 0 Å². The molecule has 0 aliphatic carbocycles. The summed E-state index contributed by atoms with van der Waals surface area (Å²) in [5.41, 5.74) is 0. The Morgan fingerprint density at radius 3 is 1.74 bits per heavy atom. The molecule has 0 unspecified atom stereocenters. The first-order chi connectivity index (χ1) is 8.83. The summed E-state index contributed by atoms with van der Waals surface area (Å²) >= 11 is 0. The summed E-state index contributed by atoms with van der Waals surface area (Å²) in [6, 6.07) is 0. The molecule has 1 rings (SSSR count). The van der Waals surface area contributed by atoms with Gasteiger partial charge in [0.2, 0.25) is 0 Å². The second-order valence-electron chi connectivity index (χ2n) is 6.36. The molecule has 0 amide bonds. The van der Waals surface area contributed by atoms with Crippen LogP contribution in [0, 0.1) is 0 Å². The second-order valence-corrected chi connectivity index (χ2v) is 6.36. The lowest BCUT2D eigenvalue weighted by Gasteiger charge is -2.41. The molecular weight excluding hydrogens is 237 g/mol. The van der Waals surface area contributed by atoms with Crippen molar-refractivity contribution in [3.8, 4) is 0 Å². The van der Waals surface area contributed by atoms with E-state index in [0.717, 1.165) is 0 Å². The van der Waals surface area contributed by atoms with Gasteiger partial charge in [0, 0.05) is 0 Å². The van der Waals surface area contributed by atoms with Gasteiger partial charge in [0.15, 0.2) is 0 Å². The normalized spacial score (nSPS) is 18.0. The zero-order chi connectivity index (χ0) is 13.1. The molecule has 1 heterocycles. The average molecular weight is 273 g/mol. The Kier molecular flexibility index (Phi) is 11.6. The number of likely N-dealkylation sites (tertiary alicyclic amines) is 1. The molecule has 0 radical (unpaired) electrons. The van der Waals surface area contributed by atoms with Crippen LogP contribution in [0.1, 0.15) is 84.5 Å². The van der Waals surface area contributed by atoms with E-state index in [1.165, 1.54) is 101 Å². The number of hydrogen-bond acceptors (Lipinski definition) is 0. The van der Waals surface area contributed by atoms with Crippen molar-refractivity contribution in [2.24, 2.45) is 0 Å². The summed E-state index contributed by atoms with van der Waals surface area (Å²) in [6.07, 6.45) is 16.1. The van der Waals surface area contributed by atoms with E-state index >= 15 is 0 Å². The third-order valence-electron chi connectivity index (χ3n) is 4.92. The molecule has 0 bridgehead atoms. The predicted molar refractivity (Wildman–Crippen MR) is 81.9 cm³/mol. The van der Waals surface area contributed by atoms with Gasteiger partial charge in [0.05, 0.1) is 26.2 Å². The van der Waals surface area contributed by atoms with Gasteiger partial charge in [0.25, 0.3) is 0 Å². The van der Waals surface area contributed by atoms with Gasteiger partial charge in [-0.3, -0.25) is 0 Å². The van der Waals surface area contributed by atoms with E-state index in [1.54, 1.807) is 0 Å². The maximum Gasteiger partial charge on any atom is 0.0786 e. The first kappa shape index (κ1) is 18.9. The Balaban J connectivity index is 0.00000324. The molecule has 1 aliphatic heterocycles. The third kappa shape index (κ3) is 7.91. The minimum absolute atomic E-state index is 0. The van der Waals surface area contributed by atoms with E-state index in [9.17, 15) is 0 Å². The number of unbranched alkanes of at least 4 members (excludes halogenated alkanes) is 7. The van der Waals surface area contributed by atoms with Crippen LogP contribution in [-0.4, -0.2) is 30.7 Å². The van der Waals surface area contributed by atoms with Crippen molar-refractivity contribution in [1.29, 1.82) is 0 Å². The van der Waals surface area contributed by atoms with E-state index in [4.69, 9.17) is 0 Å². The Labute approximate surface area is 120 Å². The van der Waals surface area contributed by atoms with Crippen LogP contribution in [0.5, 0.6) is 0 Å². The van der Waals surface area contributed by atoms with Crippen LogP contribution in [0.2, 0.25) is 0 Å². The van der Waals surface area contributed by atoms with Gasteiger partial charge in [-0.1, -0.05) is 45.4 Å². The highest BCUT2D eigenvalue weighted by Crippen LogP contribution is 2.20. The fourth-order valence-electron chi connectivity index (χ4n) is 3.46. The molecule has 116 valence electrons. The topological polar surface area (TPSA) is 0 Å². The van der Waals surface area contributed by atoms with Crippen molar-refractivity contribution in [3.63, 3.8) is 0 Å². The molecule has 0 saturated carbocycles. The Morgan fingerprint density at radius 2 is 1.21 bits per heavy atom. The number of nitrogens with zero attached hydrogens (tertiary/aromatic N) is 1. The molecule has 0 aromatic heterocycles. The quantitative estimate of drug-likeness (QED) is 0.423. The standard InChI is InChI=1S/C17H36N.FH/c1-3-5-6-7-8-9-10-12-15-18(4-2)16-13-11-14-17-18;/h3-17H2,1-2H3;1H/q+1;/p-1. The fourth-order valence-corrected chi connectivity index (χ4v) is 3.46. The largest absolute Gasteiger partial charge is 1.00 e. The summed E-state index contributed by atoms with van der Waals surface area (Å²) in [6.45, 7) is 10.5. The predicted octanol–water partition coefficient (Wildman–Crippen LogP) is 2.15. The summed E-state index contributed by atoms with van der Waals surface area (Å²) in [4.78, 5) is 0. The van der Waals surface area contributed by atoms with Crippen LogP contribution < -0.4 is 4.70 Å². The van der Waals surface area contributed by atoms with Crippen molar-refractivity contribution < 1.29 is 9.19 Å². The maximum atomic E-state index is 2.40. The number of quaternary nitrogens is 1. The van der Waals surface area contributed by atoms with Gasteiger partial charge < -0.3 is 9.19 Å². The molecule has 19 heavy (non-hydrogen) atoms. The summed E-state index contributed by atoms with van der Waals surface area (Å²) in [5, 5.41) is 0. The first-order valence-corrected chi connectivity index (χ1v) is 8.68. The average Bonchev–Trinajstić information content (AvgIpc) is 2.43. The number of halogens is 1. The highest BCUT2D eigenvalue weighted by molar-refractivity contribution is 4.54. The molecule has 1 saturated heterocycles. The monoisotopic (exact) mass is 273 g/mol. The third-order valence-corrected chi connectivity index (χ3v) is 4.92. The molecule has 0 spiro atoms. The molecule has 1 nitrogen and oxygen atoms in total. The molecule has 0 N–H and O–H groups in total. The SMILES string of the molecule is CCCCCCCCCC[N+]1(CC)CCCCC1.[F-]. The Hall–Kier alpha value is -0.110. The van der Waals surface area contributed by atoms with Gasteiger partial charge in [-0.15, -0.1) is 0 Å². The van der Waals surface area contributed by atoms with Gasteiger partial charge in [-0.25, -0.2) is 0 Å². The van der Waals surface area contributed by atoms with Crippen LogP contribution in [0.25, 0.3) is 0 Å². The van der Waals surface area contributed by atoms with E-state index in [0.29, 0.717) is 0 Å². The fraction of sp³-hybridized carbons (Fsp3) is 1.00. The lowest BCUT2D eigenvalue weighted by molar-refractivity contribution is -0.931. The van der Waals surface area contributed by atoms with E-state index < -0.39 is 0 Å². The van der Waals surface area contributed by atoms with Gasteiger partial charge in [-0.05, 0) is 39.0 Å². The smallest absolute Gasteiger partial charge is 0.0786 e. The van der Waals surface area contributed by atoms with Crippen LogP contribution in [-0.2, 0) is 0 Å². The lowest BCUT2D eigenvalue weighted by Crippen LogP contribution is -3.00. The number of hydrogen-bond donors (Lipinski definition) is 0. The minimum Gasteiger partial charge on any atom is -1.00 e. The lowest BCUT2D eigenvalue weighted by atomic mass is 10.0. The van der Waals surface area contributed by atoms with Gasteiger partial charge in [0.1, 0.15) is 0 Å². The molecule has 1 fully saturated rings. The molecule has 1 aliphatic rings. The molecule has 0 aromatic rings. The molecule has 2 heteroatoms. The zero-order valence-electron chi connectivity index (χ0n) is 13.4. The van der Waals surface area contributed by atoms with Crippen molar-refractivity contribution in [1.82, 2.24) is 0 Å². The maximum absolute atomic E-state index is 2.40. The van der Waals surface area contributed by atoms with E-state index in [1.807, 2.05) is 0 Å². The Bertz CT molecular complexity index is 188. The van der Waals surface area contributed by atoms with E-state index in [2.05, 4.69) is 13.8 Å². The van der Waals surface area contributed by atoms with Crippen LogP contribution >= 0.6 is 0 Å². The zero-order valence-corrected chi connectivity index (χ0v) is 13.4. The Morgan fingerprint density at radius 1 is 0.684 bits per heavy atom. The first-order valence-electron chi connectivity index (χ1n) is 8.68. The number of rotatable bonds is 10. The molecule has 0 atom stereocenters. The van der Waals surface area contributed by atoms with Crippen molar-refractivity contribution in [2.75, 3.05) is 26.2 Å². The summed E-state index contributed by atoms with van der Waals surface area (Å²) in [7, 11) is 0. The van der Waals surface area contributed by atoms with Crippen LogP contribution in [0.3, 0.4) is 0 Å². The van der Waals surface area contributed by atoms with Crippen molar-refractivity contribution in [2.45, 2.75) is 84.5 Å². The molecular formula is C17H36FN. The van der Waals surface area contributed by atoms with E-state index in [-0.39, 0.29) is 4.70 Å². The van der Waals surface area contributed by atoms with Gasteiger partial charge in [-0.2, -0.15) is 0 Å². The highest BCUT2D eigenvalue weighted by Gasteiger charge is 2.26. The molecule has 0 aromatic carbocycles. The van der Waals surface area contributed by atoms with Crippen molar-refractivity contribution in [3.05, 3.63) is 0 Å². The summed E-state index contributed by atoms with van der Waals surface area (Å²) < 4.78 is 1.44.